The van der Waals surface area contributed by atoms with Crippen LogP contribution in [-0.4, -0.2) is 54.5 Å². The molecule has 1 aromatic heterocycles. The number of aromatic nitrogens is 3. The first-order chi connectivity index (χ1) is 12.7. The van der Waals surface area contributed by atoms with E-state index in [1.54, 1.807) is 25.2 Å². The lowest BCUT2D eigenvalue weighted by Gasteiger charge is -2.20. The molecule has 2 aromatic rings. The number of anilines is 1. The van der Waals surface area contributed by atoms with Crippen molar-refractivity contribution in [2.24, 2.45) is 18.0 Å². The van der Waals surface area contributed by atoms with Crippen molar-refractivity contribution in [2.75, 3.05) is 38.7 Å². The summed E-state index contributed by atoms with van der Waals surface area (Å²) in [5, 5.41) is 10.8. The molecule has 26 heavy (non-hydrogen) atoms. The predicted molar refractivity (Wildman–Crippen MR) is 103 cm³/mol. The zero-order valence-corrected chi connectivity index (χ0v) is 15.6. The van der Waals surface area contributed by atoms with Gasteiger partial charge in [-0.05, 0) is 24.5 Å². The number of hydrogen-bond donors (Lipinski definition) is 2. The van der Waals surface area contributed by atoms with E-state index in [1.807, 2.05) is 19.2 Å². The first-order valence-corrected chi connectivity index (χ1v) is 8.86. The largest absolute Gasteiger partial charge is 0.497 e. The topological polar surface area (TPSA) is 79.6 Å². The van der Waals surface area contributed by atoms with Crippen molar-refractivity contribution in [3.63, 3.8) is 0 Å². The lowest BCUT2D eigenvalue weighted by molar-refractivity contribution is 0.415. The molecule has 1 aromatic carbocycles. The van der Waals surface area contributed by atoms with Crippen LogP contribution in [0.2, 0.25) is 0 Å². The molecule has 0 spiro atoms. The number of aliphatic imine (C=N–C) groups is 1. The summed E-state index contributed by atoms with van der Waals surface area (Å²) in [6.45, 7) is 3.57. The van der Waals surface area contributed by atoms with E-state index in [-0.39, 0.29) is 0 Å². The maximum absolute atomic E-state index is 5.33. The lowest BCUT2D eigenvalue weighted by Crippen LogP contribution is -2.40. The van der Waals surface area contributed by atoms with Gasteiger partial charge in [-0.15, -0.1) is 0 Å². The summed E-state index contributed by atoms with van der Waals surface area (Å²) in [7, 11) is 5.37. The minimum Gasteiger partial charge on any atom is -0.497 e. The average Bonchev–Trinajstić information content (AvgIpc) is 3.31. The van der Waals surface area contributed by atoms with Gasteiger partial charge < -0.3 is 20.3 Å². The monoisotopic (exact) mass is 357 g/mol. The van der Waals surface area contributed by atoms with Crippen LogP contribution in [0.25, 0.3) is 0 Å². The van der Waals surface area contributed by atoms with Crippen molar-refractivity contribution < 1.29 is 4.74 Å². The van der Waals surface area contributed by atoms with Gasteiger partial charge in [0.25, 0.3) is 0 Å². The Kier molecular flexibility index (Phi) is 5.93. The van der Waals surface area contributed by atoms with Gasteiger partial charge >= 0.3 is 0 Å². The molecule has 1 aliphatic rings. The molecule has 2 heterocycles. The summed E-state index contributed by atoms with van der Waals surface area (Å²) in [6.07, 6.45) is 2.71. The van der Waals surface area contributed by atoms with Crippen molar-refractivity contribution in [3.8, 4) is 5.75 Å². The average molecular weight is 357 g/mol. The third-order valence-electron chi connectivity index (χ3n) is 4.71. The predicted octanol–water partition coefficient (Wildman–Crippen LogP) is 1.02. The Hall–Kier alpha value is -2.77. The van der Waals surface area contributed by atoms with E-state index >= 15 is 0 Å². The fraction of sp³-hybridized carbons (Fsp3) is 0.500. The third kappa shape index (κ3) is 4.44. The van der Waals surface area contributed by atoms with Gasteiger partial charge in [0, 0.05) is 45.5 Å². The Morgan fingerprint density at radius 1 is 1.38 bits per heavy atom. The molecule has 1 aliphatic heterocycles. The molecule has 1 saturated heterocycles. The van der Waals surface area contributed by atoms with Crippen LogP contribution in [0.5, 0.6) is 5.75 Å². The van der Waals surface area contributed by atoms with Crippen LogP contribution in [0.3, 0.4) is 0 Å². The van der Waals surface area contributed by atoms with Gasteiger partial charge in [-0.1, -0.05) is 6.07 Å². The highest BCUT2D eigenvalue weighted by molar-refractivity contribution is 5.79. The molecule has 0 amide bonds. The standard InChI is InChI=1S/C18H27N7O/c1-19-18(21-11-17-22-13-23-24(17)2)20-10-14-7-8-25(12-14)15-5-4-6-16(9-15)26-3/h4-6,9,13-14H,7-8,10-12H2,1-3H3,(H2,19,20,21). The fourth-order valence-electron chi connectivity index (χ4n) is 3.15. The van der Waals surface area contributed by atoms with E-state index in [9.17, 15) is 0 Å². The molecule has 0 bridgehead atoms. The van der Waals surface area contributed by atoms with Crippen LogP contribution in [0.15, 0.2) is 35.6 Å². The zero-order valence-electron chi connectivity index (χ0n) is 15.6. The second-order valence-corrected chi connectivity index (χ2v) is 6.41. The molecule has 0 radical (unpaired) electrons. The van der Waals surface area contributed by atoms with Crippen molar-refractivity contribution in [2.45, 2.75) is 13.0 Å². The molecular weight excluding hydrogens is 330 g/mol. The second-order valence-electron chi connectivity index (χ2n) is 6.41. The highest BCUT2D eigenvalue weighted by Gasteiger charge is 2.23. The van der Waals surface area contributed by atoms with E-state index < -0.39 is 0 Å². The maximum atomic E-state index is 5.33. The van der Waals surface area contributed by atoms with Crippen molar-refractivity contribution in [3.05, 3.63) is 36.4 Å². The van der Waals surface area contributed by atoms with Gasteiger partial charge in [-0.25, -0.2) is 4.98 Å². The van der Waals surface area contributed by atoms with Gasteiger partial charge in [-0.3, -0.25) is 9.67 Å². The molecule has 0 saturated carbocycles. The molecule has 140 valence electrons. The molecule has 1 atom stereocenters. The van der Waals surface area contributed by atoms with Crippen LogP contribution in [0.1, 0.15) is 12.2 Å². The Labute approximate surface area is 154 Å². The third-order valence-corrected chi connectivity index (χ3v) is 4.71. The summed E-state index contributed by atoms with van der Waals surface area (Å²) in [5.74, 6) is 3.14. The second kappa shape index (κ2) is 8.55. The summed E-state index contributed by atoms with van der Waals surface area (Å²) in [5.41, 5.74) is 1.22. The highest BCUT2D eigenvalue weighted by atomic mass is 16.5. The number of nitrogens with zero attached hydrogens (tertiary/aromatic N) is 5. The highest BCUT2D eigenvalue weighted by Crippen LogP contribution is 2.26. The number of benzene rings is 1. The van der Waals surface area contributed by atoms with Gasteiger partial charge in [0.1, 0.15) is 17.9 Å². The van der Waals surface area contributed by atoms with Gasteiger partial charge in [-0.2, -0.15) is 5.10 Å². The molecular formula is C18H27N7O. The molecule has 8 heteroatoms. The van der Waals surface area contributed by atoms with E-state index in [1.165, 1.54) is 5.69 Å². The number of hydrogen-bond acceptors (Lipinski definition) is 5. The van der Waals surface area contributed by atoms with E-state index in [0.29, 0.717) is 12.5 Å². The summed E-state index contributed by atoms with van der Waals surface area (Å²) in [6, 6.07) is 8.25. The zero-order chi connectivity index (χ0) is 18.4. The Morgan fingerprint density at radius 3 is 3.00 bits per heavy atom. The maximum Gasteiger partial charge on any atom is 0.191 e. The first-order valence-electron chi connectivity index (χ1n) is 8.86. The van der Waals surface area contributed by atoms with Gasteiger partial charge in [0.2, 0.25) is 0 Å². The minimum atomic E-state index is 0.578. The Morgan fingerprint density at radius 2 is 2.27 bits per heavy atom. The summed E-state index contributed by atoms with van der Waals surface area (Å²) < 4.78 is 7.08. The van der Waals surface area contributed by atoms with E-state index in [2.05, 4.69) is 42.7 Å². The van der Waals surface area contributed by atoms with Crippen LogP contribution < -0.4 is 20.3 Å². The minimum absolute atomic E-state index is 0.578. The number of methoxy groups -OCH3 is 1. The Balaban J connectivity index is 1.46. The van der Waals surface area contributed by atoms with Crippen LogP contribution in [0, 0.1) is 5.92 Å². The lowest BCUT2D eigenvalue weighted by atomic mass is 10.1. The summed E-state index contributed by atoms with van der Waals surface area (Å²) >= 11 is 0. The number of rotatable bonds is 6. The SMILES string of the molecule is CN=C(NCc1ncnn1C)NCC1CCN(c2cccc(OC)c2)C1. The van der Waals surface area contributed by atoms with E-state index in [4.69, 9.17) is 4.74 Å². The van der Waals surface area contributed by atoms with Crippen molar-refractivity contribution in [1.29, 1.82) is 0 Å². The molecule has 0 aliphatic carbocycles. The first kappa shape index (κ1) is 18.0. The Bertz CT molecular complexity index is 743. The van der Waals surface area contributed by atoms with E-state index in [0.717, 1.165) is 43.6 Å². The number of nitrogens with one attached hydrogen (secondary N) is 2. The smallest absolute Gasteiger partial charge is 0.191 e. The van der Waals surface area contributed by atoms with Crippen molar-refractivity contribution >= 4 is 11.6 Å². The van der Waals surface area contributed by atoms with Crippen LogP contribution in [0.4, 0.5) is 5.69 Å². The number of guanidine groups is 1. The molecule has 1 fully saturated rings. The van der Waals surface area contributed by atoms with Crippen LogP contribution in [-0.2, 0) is 13.6 Å². The van der Waals surface area contributed by atoms with Crippen LogP contribution >= 0.6 is 0 Å². The fourth-order valence-corrected chi connectivity index (χ4v) is 3.15. The van der Waals surface area contributed by atoms with Gasteiger partial charge in [0.15, 0.2) is 5.96 Å². The quantitative estimate of drug-likeness (QED) is 0.593. The molecule has 3 rings (SSSR count). The normalized spacial score (nSPS) is 17.4. The molecule has 2 N–H and O–H groups in total. The summed E-state index contributed by atoms with van der Waals surface area (Å²) in [4.78, 5) is 10.9. The number of aryl methyl sites for hydroxylation is 1. The molecule has 1 unspecified atom stereocenters. The van der Waals surface area contributed by atoms with Crippen molar-refractivity contribution in [1.82, 2.24) is 25.4 Å². The number of ether oxygens (including phenoxy) is 1. The molecule has 8 nitrogen and oxygen atoms in total. The van der Waals surface area contributed by atoms with Gasteiger partial charge in [0.05, 0.1) is 13.7 Å².